The zero-order valence-corrected chi connectivity index (χ0v) is 18.6. The average molecular weight is 424 g/mol. The van der Waals surface area contributed by atoms with E-state index in [0.29, 0.717) is 55.5 Å². The summed E-state index contributed by atoms with van der Waals surface area (Å²) in [5.41, 5.74) is 4.72. The number of carbonyl (C=O) groups excluding carboxylic acids is 3. The summed E-state index contributed by atoms with van der Waals surface area (Å²) in [5, 5.41) is 0. The highest BCUT2D eigenvalue weighted by Crippen LogP contribution is 2.27. The Labute approximate surface area is 183 Å². The zero-order valence-electron chi connectivity index (χ0n) is 18.6. The minimum Gasteiger partial charge on any atom is -0.465 e. The van der Waals surface area contributed by atoms with Gasteiger partial charge in [0.25, 0.3) is 5.91 Å². The summed E-state index contributed by atoms with van der Waals surface area (Å²) in [6, 6.07) is 9.71. The number of methoxy groups -OCH3 is 2. The normalized spacial score (nSPS) is 12.6. The summed E-state index contributed by atoms with van der Waals surface area (Å²) in [6.45, 7) is 4.97. The number of hydrogen-bond acceptors (Lipinski definition) is 5. The Balaban J connectivity index is 2.18. The van der Waals surface area contributed by atoms with Crippen LogP contribution >= 0.6 is 0 Å². The first-order chi connectivity index (χ1) is 14.9. The van der Waals surface area contributed by atoms with Crippen molar-refractivity contribution in [2.45, 2.75) is 39.5 Å². The van der Waals surface area contributed by atoms with Gasteiger partial charge < -0.3 is 14.4 Å². The van der Waals surface area contributed by atoms with Crippen LogP contribution in [0, 0.1) is 0 Å². The van der Waals surface area contributed by atoms with Gasteiger partial charge in [0.1, 0.15) is 0 Å². The monoisotopic (exact) mass is 423 g/mol. The first-order valence-electron chi connectivity index (χ1n) is 10.7. The number of aryl methyl sites for hydroxylation is 4. The lowest BCUT2D eigenvalue weighted by Gasteiger charge is -2.24. The number of esters is 2. The van der Waals surface area contributed by atoms with Crippen LogP contribution in [0.1, 0.15) is 67.2 Å². The quantitative estimate of drug-likeness (QED) is 0.687. The molecule has 6 rings (SSSR count). The molecule has 4 bridgehead atoms. The predicted octanol–water partition coefficient (Wildman–Crippen LogP) is 3.63. The Kier molecular flexibility index (Phi) is 7.10. The van der Waals surface area contributed by atoms with Gasteiger partial charge in [0.15, 0.2) is 0 Å². The maximum atomic E-state index is 13.4. The van der Waals surface area contributed by atoms with Crippen LogP contribution in [0.3, 0.4) is 0 Å². The molecule has 4 aliphatic carbocycles. The van der Waals surface area contributed by atoms with Gasteiger partial charge in [0, 0.05) is 13.1 Å². The van der Waals surface area contributed by atoms with Crippen molar-refractivity contribution in [1.82, 2.24) is 4.90 Å². The second-order valence-corrected chi connectivity index (χ2v) is 7.59. The highest BCUT2D eigenvalue weighted by molar-refractivity contribution is 6.07. The minimum atomic E-state index is -0.508. The topological polar surface area (TPSA) is 72.9 Å². The highest BCUT2D eigenvalue weighted by Gasteiger charge is 2.28. The largest absolute Gasteiger partial charge is 0.465 e. The van der Waals surface area contributed by atoms with Crippen molar-refractivity contribution in [3.05, 3.63) is 69.3 Å². The number of ether oxygens (including phenoxy) is 2. The number of amides is 1. The van der Waals surface area contributed by atoms with Gasteiger partial charge in [-0.25, -0.2) is 9.59 Å². The van der Waals surface area contributed by atoms with Gasteiger partial charge in [-0.05, 0) is 67.9 Å². The number of carbonyl (C=O) groups is 3. The Morgan fingerprint density at radius 3 is 1.94 bits per heavy atom. The summed E-state index contributed by atoms with van der Waals surface area (Å²) >= 11 is 0. The third-order valence-electron chi connectivity index (χ3n) is 5.96. The molecule has 2 aromatic carbocycles. The fourth-order valence-electron chi connectivity index (χ4n) is 4.20. The van der Waals surface area contributed by atoms with Crippen LogP contribution in [-0.2, 0) is 35.2 Å². The molecule has 0 unspecified atom stereocenters. The van der Waals surface area contributed by atoms with Crippen LogP contribution in [0.2, 0.25) is 0 Å². The van der Waals surface area contributed by atoms with E-state index in [1.54, 1.807) is 4.90 Å². The van der Waals surface area contributed by atoms with Crippen molar-refractivity contribution in [1.29, 1.82) is 0 Å². The number of rotatable bonds is 5. The molecular formula is C25H29NO5. The molecule has 0 heterocycles. The Morgan fingerprint density at radius 2 is 1.32 bits per heavy atom. The van der Waals surface area contributed by atoms with Crippen LogP contribution in [-0.4, -0.2) is 50.1 Å². The second kappa shape index (κ2) is 9.77. The smallest absolute Gasteiger partial charge is 0.338 e. The van der Waals surface area contributed by atoms with Gasteiger partial charge in [-0.15, -0.1) is 0 Å². The fraction of sp³-hybridized carbons (Fsp3) is 0.400. The lowest BCUT2D eigenvalue weighted by atomic mass is 9.87. The molecule has 1 amide bonds. The maximum absolute atomic E-state index is 13.4. The van der Waals surface area contributed by atoms with E-state index in [0.717, 1.165) is 22.3 Å². The predicted molar refractivity (Wildman–Crippen MR) is 118 cm³/mol. The van der Waals surface area contributed by atoms with Crippen LogP contribution in [0.15, 0.2) is 30.3 Å². The van der Waals surface area contributed by atoms with Crippen LogP contribution in [0.25, 0.3) is 0 Å². The summed E-state index contributed by atoms with van der Waals surface area (Å²) < 4.78 is 10.1. The highest BCUT2D eigenvalue weighted by atomic mass is 16.5. The summed E-state index contributed by atoms with van der Waals surface area (Å²) in [6.07, 6.45) is 2.22. The number of benzene rings is 2. The third-order valence-corrected chi connectivity index (χ3v) is 5.96. The van der Waals surface area contributed by atoms with E-state index in [1.165, 1.54) is 14.2 Å². The molecule has 0 aromatic heterocycles. The van der Waals surface area contributed by atoms with Crippen molar-refractivity contribution in [2.24, 2.45) is 0 Å². The summed E-state index contributed by atoms with van der Waals surface area (Å²) in [5.74, 6) is -1.02. The van der Waals surface area contributed by atoms with Crippen molar-refractivity contribution in [3.63, 3.8) is 0 Å². The third kappa shape index (κ3) is 4.48. The molecule has 6 heteroatoms. The summed E-state index contributed by atoms with van der Waals surface area (Å²) in [7, 11) is 2.71. The van der Waals surface area contributed by atoms with Gasteiger partial charge in [-0.1, -0.05) is 24.3 Å². The van der Waals surface area contributed by atoms with E-state index in [-0.39, 0.29) is 11.9 Å². The van der Waals surface area contributed by atoms with E-state index >= 15 is 0 Å². The minimum absolute atomic E-state index is 0.150. The molecule has 0 spiro atoms. The van der Waals surface area contributed by atoms with Gasteiger partial charge in [-0.3, -0.25) is 4.79 Å². The molecule has 0 N–H and O–H groups in total. The molecule has 0 radical (unpaired) electrons. The number of hydrogen-bond donors (Lipinski definition) is 0. The molecule has 6 nitrogen and oxygen atoms in total. The lowest BCUT2D eigenvalue weighted by Crippen LogP contribution is -2.33. The van der Waals surface area contributed by atoms with Gasteiger partial charge in [-0.2, -0.15) is 0 Å². The SMILES string of the molecule is CCN(CC)C(=O)c1c2ccc(c1C(=O)OC)CCc1ccc(cc1C(=O)OC)CC2. The molecule has 0 atom stereocenters. The van der Waals surface area contributed by atoms with Gasteiger partial charge in [0.2, 0.25) is 0 Å². The zero-order chi connectivity index (χ0) is 22.5. The van der Waals surface area contributed by atoms with Gasteiger partial charge >= 0.3 is 11.9 Å². The Hall–Kier alpha value is -3.15. The molecule has 0 fully saturated rings. The van der Waals surface area contributed by atoms with E-state index in [4.69, 9.17) is 9.47 Å². The standard InChI is InChI=1S/C25H29NO5/c1-5-26(6-2)23(27)21-18-10-8-16-7-9-17(20(15-16)24(28)30-3)11-12-19(14-13-18)22(21)25(29)31-4/h7,9,13-15H,5-6,8,10-12H2,1-4H3. The van der Waals surface area contributed by atoms with Crippen molar-refractivity contribution in [3.8, 4) is 0 Å². The molecule has 0 aliphatic heterocycles. The van der Waals surface area contributed by atoms with Crippen molar-refractivity contribution in [2.75, 3.05) is 27.3 Å². The Bertz CT molecular complexity index is 1010. The molecule has 164 valence electrons. The van der Waals surface area contributed by atoms with E-state index < -0.39 is 5.97 Å². The molecule has 0 saturated carbocycles. The van der Waals surface area contributed by atoms with Crippen molar-refractivity contribution < 1.29 is 23.9 Å². The van der Waals surface area contributed by atoms with Crippen LogP contribution in [0.5, 0.6) is 0 Å². The average Bonchev–Trinajstić information content (AvgIpc) is 2.79. The first kappa shape index (κ1) is 22.5. The van der Waals surface area contributed by atoms with Gasteiger partial charge in [0.05, 0.1) is 30.9 Å². The fourth-order valence-corrected chi connectivity index (χ4v) is 4.20. The molecular weight excluding hydrogens is 394 g/mol. The number of nitrogens with zero attached hydrogens (tertiary/aromatic N) is 1. The molecule has 31 heavy (non-hydrogen) atoms. The van der Waals surface area contributed by atoms with E-state index in [1.807, 2.05) is 44.2 Å². The maximum Gasteiger partial charge on any atom is 0.338 e. The second-order valence-electron chi connectivity index (χ2n) is 7.59. The summed E-state index contributed by atoms with van der Waals surface area (Å²) in [4.78, 5) is 40.3. The molecule has 2 aromatic rings. The molecule has 0 saturated heterocycles. The lowest BCUT2D eigenvalue weighted by molar-refractivity contribution is 0.0584. The van der Waals surface area contributed by atoms with Crippen molar-refractivity contribution >= 4 is 17.8 Å². The van der Waals surface area contributed by atoms with Crippen LogP contribution < -0.4 is 0 Å². The Morgan fingerprint density at radius 1 is 0.774 bits per heavy atom. The first-order valence-corrected chi connectivity index (χ1v) is 10.7. The van der Waals surface area contributed by atoms with Crippen LogP contribution in [0.4, 0.5) is 0 Å². The van der Waals surface area contributed by atoms with E-state index in [2.05, 4.69) is 0 Å². The van der Waals surface area contributed by atoms with E-state index in [9.17, 15) is 14.4 Å². The molecule has 4 aliphatic rings.